The van der Waals surface area contributed by atoms with E-state index in [4.69, 9.17) is 9.84 Å². The molecule has 1 atom stereocenters. The first kappa shape index (κ1) is 14.6. The molecular weight excluding hydrogens is 289 g/mol. The fourth-order valence-electron chi connectivity index (χ4n) is 1.53. The van der Waals surface area contributed by atoms with Gasteiger partial charge in [0.2, 0.25) is 0 Å². The standard InChI is InChI=1S/C12H17BrFNO2/c1-17-8-11(4-5-16)15-7-9-6-10(14)2-3-12(9)13/h2-3,6,11,15-16H,4-5,7-8H2,1H3. The molecule has 0 aromatic heterocycles. The second-order valence-electron chi connectivity index (χ2n) is 3.78. The van der Waals surface area contributed by atoms with E-state index in [0.29, 0.717) is 19.6 Å². The van der Waals surface area contributed by atoms with Crippen molar-refractivity contribution in [3.05, 3.63) is 34.1 Å². The minimum atomic E-state index is -0.254. The lowest BCUT2D eigenvalue weighted by Gasteiger charge is -2.17. The van der Waals surface area contributed by atoms with Crippen LogP contribution in [0.5, 0.6) is 0 Å². The summed E-state index contributed by atoms with van der Waals surface area (Å²) >= 11 is 3.37. The van der Waals surface area contributed by atoms with E-state index in [1.54, 1.807) is 13.2 Å². The molecule has 0 saturated carbocycles. The first-order chi connectivity index (χ1) is 8.17. The van der Waals surface area contributed by atoms with Gasteiger partial charge in [0, 0.05) is 30.8 Å². The molecule has 0 saturated heterocycles. The average Bonchev–Trinajstić information content (AvgIpc) is 2.30. The molecule has 0 heterocycles. The van der Waals surface area contributed by atoms with Gasteiger partial charge in [0.15, 0.2) is 0 Å². The Balaban J connectivity index is 2.55. The van der Waals surface area contributed by atoms with E-state index in [-0.39, 0.29) is 18.5 Å². The summed E-state index contributed by atoms with van der Waals surface area (Å²) in [7, 11) is 1.62. The SMILES string of the molecule is COCC(CCO)NCc1cc(F)ccc1Br. The molecule has 1 unspecified atom stereocenters. The minimum absolute atomic E-state index is 0.0696. The molecule has 0 spiro atoms. The zero-order chi connectivity index (χ0) is 12.7. The second kappa shape index (κ2) is 7.76. The fraction of sp³-hybridized carbons (Fsp3) is 0.500. The summed E-state index contributed by atoms with van der Waals surface area (Å²) in [4.78, 5) is 0. The van der Waals surface area contributed by atoms with Crippen molar-refractivity contribution in [1.29, 1.82) is 0 Å². The lowest BCUT2D eigenvalue weighted by Crippen LogP contribution is -2.33. The van der Waals surface area contributed by atoms with Crippen LogP contribution in [0.2, 0.25) is 0 Å². The summed E-state index contributed by atoms with van der Waals surface area (Å²) in [5.41, 5.74) is 0.851. The molecular formula is C12H17BrFNO2. The van der Waals surface area contributed by atoms with E-state index in [2.05, 4.69) is 21.2 Å². The lowest BCUT2D eigenvalue weighted by molar-refractivity contribution is 0.148. The van der Waals surface area contributed by atoms with Crippen molar-refractivity contribution >= 4 is 15.9 Å². The van der Waals surface area contributed by atoms with Crippen LogP contribution in [0, 0.1) is 5.82 Å². The van der Waals surface area contributed by atoms with Gasteiger partial charge >= 0.3 is 0 Å². The van der Waals surface area contributed by atoms with Gasteiger partial charge in [0.1, 0.15) is 5.82 Å². The number of nitrogens with one attached hydrogen (secondary N) is 1. The van der Waals surface area contributed by atoms with Crippen molar-refractivity contribution in [2.45, 2.75) is 19.0 Å². The summed E-state index contributed by atoms with van der Waals surface area (Å²) < 4.78 is 19.0. The Bertz CT molecular complexity index is 343. The van der Waals surface area contributed by atoms with Crippen molar-refractivity contribution in [1.82, 2.24) is 5.32 Å². The molecule has 17 heavy (non-hydrogen) atoms. The number of methoxy groups -OCH3 is 1. The predicted octanol–water partition coefficient (Wildman–Crippen LogP) is 2.08. The van der Waals surface area contributed by atoms with Crippen LogP contribution in [0.4, 0.5) is 4.39 Å². The highest BCUT2D eigenvalue weighted by molar-refractivity contribution is 9.10. The quantitative estimate of drug-likeness (QED) is 0.810. The zero-order valence-corrected chi connectivity index (χ0v) is 11.3. The predicted molar refractivity (Wildman–Crippen MR) is 68.3 cm³/mol. The van der Waals surface area contributed by atoms with Crippen LogP contribution in [0.25, 0.3) is 0 Å². The van der Waals surface area contributed by atoms with Crippen LogP contribution in [-0.4, -0.2) is 31.5 Å². The second-order valence-corrected chi connectivity index (χ2v) is 4.64. The topological polar surface area (TPSA) is 41.5 Å². The molecule has 3 nitrogen and oxygen atoms in total. The first-order valence-electron chi connectivity index (χ1n) is 5.44. The summed E-state index contributed by atoms with van der Waals surface area (Å²) in [6.07, 6.45) is 0.612. The Morgan fingerprint density at radius 2 is 2.29 bits per heavy atom. The summed E-state index contributed by atoms with van der Waals surface area (Å²) in [5, 5.41) is 12.1. The smallest absolute Gasteiger partial charge is 0.123 e. The van der Waals surface area contributed by atoms with E-state index in [1.807, 2.05) is 0 Å². The van der Waals surface area contributed by atoms with E-state index in [0.717, 1.165) is 10.0 Å². The van der Waals surface area contributed by atoms with Crippen molar-refractivity contribution < 1.29 is 14.2 Å². The number of aliphatic hydroxyl groups excluding tert-OH is 1. The number of hydrogen-bond acceptors (Lipinski definition) is 3. The Hall–Kier alpha value is -0.490. The summed E-state index contributed by atoms with van der Waals surface area (Å²) in [6.45, 7) is 1.16. The molecule has 5 heteroatoms. The van der Waals surface area contributed by atoms with Crippen LogP contribution < -0.4 is 5.32 Å². The normalized spacial score (nSPS) is 12.7. The third kappa shape index (κ3) is 5.12. The molecule has 0 radical (unpaired) electrons. The van der Waals surface area contributed by atoms with Gasteiger partial charge in [-0.15, -0.1) is 0 Å². The van der Waals surface area contributed by atoms with Crippen molar-refractivity contribution in [2.75, 3.05) is 20.3 Å². The van der Waals surface area contributed by atoms with E-state index in [1.165, 1.54) is 12.1 Å². The third-order valence-electron chi connectivity index (χ3n) is 2.43. The molecule has 0 aliphatic heterocycles. The molecule has 0 aliphatic rings. The molecule has 1 aromatic rings. The Morgan fingerprint density at radius 3 is 2.94 bits per heavy atom. The maximum atomic E-state index is 13.1. The number of ether oxygens (including phenoxy) is 1. The maximum Gasteiger partial charge on any atom is 0.123 e. The fourth-order valence-corrected chi connectivity index (χ4v) is 1.92. The molecule has 0 fully saturated rings. The maximum absolute atomic E-state index is 13.1. The highest BCUT2D eigenvalue weighted by Crippen LogP contribution is 2.17. The third-order valence-corrected chi connectivity index (χ3v) is 3.21. The number of aliphatic hydroxyl groups is 1. The van der Waals surface area contributed by atoms with E-state index in [9.17, 15) is 4.39 Å². The van der Waals surface area contributed by atoms with Gasteiger partial charge < -0.3 is 15.2 Å². The van der Waals surface area contributed by atoms with E-state index >= 15 is 0 Å². The highest BCUT2D eigenvalue weighted by atomic mass is 79.9. The molecule has 1 aromatic carbocycles. The Morgan fingerprint density at radius 1 is 1.53 bits per heavy atom. The summed E-state index contributed by atoms with van der Waals surface area (Å²) in [5.74, 6) is -0.254. The van der Waals surface area contributed by atoms with Crippen molar-refractivity contribution in [3.63, 3.8) is 0 Å². The Kier molecular flexibility index (Phi) is 6.65. The van der Waals surface area contributed by atoms with Gasteiger partial charge in [-0.25, -0.2) is 4.39 Å². The van der Waals surface area contributed by atoms with Gasteiger partial charge in [-0.2, -0.15) is 0 Å². The minimum Gasteiger partial charge on any atom is -0.396 e. The average molecular weight is 306 g/mol. The molecule has 0 aliphatic carbocycles. The van der Waals surface area contributed by atoms with Crippen LogP contribution >= 0.6 is 15.9 Å². The number of benzene rings is 1. The van der Waals surface area contributed by atoms with Crippen LogP contribution in [0.15, 0.2) is 22.7 Å². The molecule has 2 N–H and O–H groups in total. The van der Waals surface area contributed by atoms with Crippen LogP contribution in [0.1, 0.15) is 12.0 Å². The Labute approximate surface area is 109 Å². The van der Waals surface area contributed by atoms with Gasteiger partial charge in [0.05, 0.1) is 6.61 Å². The number of halogens is 2. The lowest BCUT2D eigenvalue weighted by atomic mass is 10.2. The summed E-state index contributed by atoms with van der Waals surface area (Å²) in [6, 6.07) is 4.65. The molecule has 96 valence electrons. The molecule has 0 bridgehead atoms. The largest absolute Gasteiger partial charge is 0.396 e. The number of hydrogen-bond donors (Lipinski definition) is 2. The van der Waals surface area contributed by atoms with Crippen LogP contribution in [0.3, 0.4) is 0 Å². The highest BCUT2D eigenvalue weighted by Gasteiger charge is 2.08. The first-order valence-corrected chi connectivity index (χ1v) is 6.23. The van der Waals surface area contributed by atoms with Gasteiger partial charge in [-0.1, -0.05) is 15.9 Å². The zero-order valence-electron chi connectivity index (χ0n) is 9.75. The van der Waals surface area contributed by atoms with E-state index < -0.39 is 0 Å². The van der Waals surface area contributed by atoms with Gasteiger partial charge in [0.25, 0.3) is 0 Å². The van der Waals surface area contributed by atoms with Gasteiger partial charge in [-0.05, 0) is 30.2 Å². The molecule has 0 amide bonds. The van der Waals surface area contributed by atoms with Gasteiger partial charge in [-0.3, -0.25) is 0 Å². The van der Waals surface area contributed by atoms with Crippen molar-refractivity contribution in [3.8, 4) is 0 Å². The van der Waals surface area contributed by atoms with Crippen LogP contribution in [-0.2, 0) is 11.3 Å². The monoisotopic (exact) mass is 305 g/mol. The number of rotatable bonds is 7. The molecule has 1 rings (SSSR count). The van der Waals surface area contributed by atoms with Crippen molar-refractivity contribution in [2.24, 2.45) is 0 Å².